The van der Waals surface area contributed by atoms with Gasteiger partial charge in [-0.05, 0) is 30.3 Å². The minimum atomic E-state index is 0.237. The van der Waals surface area contributed by atoms with Gasteiger partial charge < -0.3 is 5.21 Å². The zero-order valence-corrected chi connectivity index (χ0v) is 11.0. The van der Waals surface area contributed by atoms with Crippen LogP contribution < -0.4 is 4.73 Å². The summed E-state index contributed by atoms with van der Waals surface area (Å²) in [5.41, 5.74) is 1.91. The first-order valence-electron chi connectivity index (χ1n) is 6.31. The highest BCUT2D eigenvalue weighted by molar-refractivity contribution is 5.63. The normalized spacial score (nSPS) is 10.0. The summed E-state index contributed by atoms with van der Waals surface area (Å²) in [5.74, 6) is 0. The number of nitriles is 1. The third-order valence-corrected chi connectivity index (χ3v) is 3.04. The van der Waals surface area contributed by atoms with Gasteiger partial charge in [-0.3, -0.25) is 0 Å². The zero-order valence-electron chi connectivity index (χ0n) is 11.0. The molecule has 5 nitrogen and oxygen atoms in total. The largest absolute Gasteiger partial charge is 0.618 e. The number of nitrogens with zero attached hydrogens (tertiary/aromatic N) is 4. The highest BCUT2D eigenvalue weighted by Gasteiger charge is 2.21. The second-order valence-corrected chi connectivity index (χ2v) is 4.32. The van der Waals surface area contributed by atoms with Crippen LogP contribution in [0.15, 0.2) is 60.9 Å². The van der Waals surface area contributed by atoms with Gasteiger partial charge in [0.25, 0.3) is 5.69 Å². The molecule has 0 aromatic carbocycles. The number of hydrogen-bond donors (Lipinski definition) is 0. The van der Waals surface area contributed by atoms with Crippen molar-refractivity contribution in [1.29, 1.82) is 5.26 Å². The molecular formula is C16H10N4O. The molecule has 0 radical (unpaired) electrons. The van der Waals surface area contributed by atoms with Gasteiger partial charge in [-0.1, -0.05) is 12.1 Å². The Morgan fingerprint density at radius 3 is 2.14 bits per heavy atom. The Hall–Kier alpha value is -3.26. The molecule has 0 saturated heterocycles. The standard InChI is InChI=1S/C16H10N4O/c17-11-12-7-8-15(13-5-1-3-9-18-13)20(21)16(12)14-6-2-4-10-19-14/h1-10H. The topological polar surface area (TPSA) is 76.5 Å². The summed E-state index contributed by atoms with van der Waals surface area (Å²) in [6.45, 7) is 0. The summed E-state index contributed by atoms with van der Waals surface area (Å²) in [5, 5.41) is 21.9. The van der Waals surface area contributed by atoms with Gasteiger partial charge in [0.15, 0.2) is 0 Å². The van der Waals surface area contributed by atoms with Crippen LogP contribution in [-0.2, 0) is 0 Å². The van der Waals surface area contributed by atoms with E-state index in [2.05, 4.69) is 9.97 Å². The van der Waals surface area contributed by atoms with E-state index in [1.807, 2.05) is 6.07 Å². The summed E-state index contributed by atoms with van der Waals surface area (Å²) in [6.07, 6.45) is 3.21. The molecular weight excluding hydrogens is 264 g/mol. The molecule has 0 aliphatic heterocycles. The van der Waals surface area contributed by atoms with E-state index in [0.717, 1.165) is 0 Å². The Balaban J connectivity index is 2.26. The molecule has 3 heterocycles. The number of aromatic nitrogens is 3. The van der Waals surface area contributed by atoms with Crippen LogP contribution in [0.25, 0.3) is 22.8 Å². The van der Waals surface area contributed by atoms with Crippen LogP contribution in [0.5, 0.6) is 0 Å². The van der Waals surface area contributed by atoms with Crippen molar-refractivity contribution in [2.24, 2.45) is 0 Å². The van der Waals surface area contributed by atoms with Crippen LogP contribution in [-0.4, -0.2) is 9.97 Å². The molecule has 0 bridgehead atoms. The molecule has 0 unspecified atom stereocenters. The van der Waals surface area contributed by atoms with Crippen molar-refractivity contribution in [1.82, 2.24) is 9.97 Å². The summed E-state index contributed by atoms with van der Waals surface area (Å²) >= 11 is 0. The fraction of sp³-hybridized carbons (Fsp3) is 0. The fourth-order valence-electron chi connectivity index (χ4n) is 2.08. The van der Waals surface area contributed by atoms with Crippen molar-refractivity contribution in [2.45, 2.75) is 0 Å². The molecule has 0 atom stereocenters. The van der Waals surface area contributed by atoms with Crippen molar-refractivity contribution in [3.8, 4) is 28.8 Å². The van der Waals surface area contributed by atoms with Gasteiger partial charge in [0.05, 0.1) is 0 Å². The lowest BCUT2D eigenvalue weighted by Gasteiger charge is -2.09. The van der Waals surface area contributed by atoms with Gasteiger partial charge in [-0.15, -0.1) is 0 Å². The molecule has 0 saturated carbocycles. The lowest BCUT2D eigenvalue weighted by Crippen LogP contribution is -2.33. The summed E-state index contributed by atoms with van der Waals surface area (Å²) < 4.78 is 0.712. The second-order valence-electron chi connectivity index (χ2n) is 4.32. The number of hydrogen-bond acceptors (Lipinski definition) is 4. The lowest BCUT2D eigenvalue weighted by molar-refractivity contribution is -0.582. The molecule has 21 heavy (non-hydrogen) atoms. The van der Waals surface area contributed by atoms with E-state index in [1.54, 1.807) is 60.9 Å². The molecule has 0 amide bonds. The Kier molecular flexibility index (Phi) is 3.27. The van der Waals surface area contributed by atoms with Gasteiger partial charge in [-0.25, -0.2) is 9.97 Å². The van der Waals surface area contributed by atoms with E-state index in [9.17, 15) is 10.5 Å². The Bertz CT molecular complexity index is 811. The maximum absolute atomic E-state index is 12.6. The van der Waals surface area contributed by atoms with Gasteiger partial charge in [-0.2, -0.15) is 9.99 Å². The van der Waals surface area contributed by atoms with E-state index in [1.165, 1.54) is 0 Å². The summed E-state index contributed by atoms with van der Waals surface area (Å²) in [6, 6.07) is 15.8. The van der Waals surface area contributed by atoms with E-state index in [4.69, 9.17) is 0 Å². The van der Waals surface area contributed by atoms with Gasteiger partial charge in [0.2, 0.25) is 5.69 Å². The van der Waals surface area contributed by atoms with Crippen molar-refractivity contribution in [3.63, 3.8) is 0 Å². The summed E-state index contributed by atoms with van der Waals surface area (Å²) in [4.78, 5) is 8.34. The molecule has 0 aliphatic rings. The van der Waals surface area contributed by atoms with Crippen molar-refractivity contribution < 1.29 is 4.73 Å². The first-order chi connectivity index (χ1) is 10.3. The molecule has 0 aliphatic carbocycles. The monoisotopic (exact) mass is 274 g/mol. The highest BCUT2D eigenvalue weighted by Crippen LogP contribution is 2.21. The van der Waals surface area contributed by atoms with Crippen LogP contribution in [0.1, 0.15) is 5.56 Å². The predicted molar refractivity (Wildman–Crippen MR) is 76.6 cm³/mol. The Labute approximate surface area is 121 Å². The van der Waals surface area contributed by atoms with Crippen LogP contribution in [0, 0.1) is 16.5 Å². The summed E-state index contributed by atoms with van der Waals surface area (Å²) in [7, 11) is 0. The minimum absolute atomic E-state index is 0.237. The molecule has 0 fully saturated rings. The average molecular weight is 274 g/mol. The van der Waals surface area contributed by atoms with E-state index < -0.39 is 0 Å². The number of pyridine rings is 3. The molecule has 3 rings (SSSR count). The van der Waals surface area contributed by atoms with Crippen LogP contribution in [0.2, 0.25) is 0 Å². The quantitative estimate of drug-likeness (QED) is 0.530. The second kappa shape index (κ2) is 5.39. The molecule has 5 heteroatoms. The Morgan fingerprint density at radius 1 is 0.905 bits per heavy atom. The molecule has 0 spiro atoms. The fourth-order valence-corrected chi connectivity index (χ4v) is 2.08. The highest BCUT2D eigenvalue weighted by atomic mass is 16.5. The maximum atomic E-state index is 12.6. The smallest absolute Gasteiger partial charge is 0.260 e. The average Bonchev–Trinajstić information content (AvgIpc) is 2.56. The molecule has 3 aromatic rings. The lowest BCUT2D eigenvalue weighted by atomic mass is 10.1. The van der Waals surface area contributed by atoms with Gasteiger partial charge >= 0.3 is 0 Å². The van der Waals surface area contributed by atoms with Crippen LogP contribution in [0.3, 0.4) is 0 Å². The Morgan fingerprint density at radius 2 is 1.57 bits per heavy atom. The van der Waals surface area contributed by atoms with Crippen LogP contribution >= 0.6 is 0 Å². The van der Waals surface area contributed by atoms with Gasteiger partial charge in [0, 0.05) is 18.5 Å². The third kappa shape index (κ3) is 2.30. The zero-order chi connectivity index (χ0) is 14.7. The van der Waals surface area contributed by atoms with E-state index >= 15 is 0 Å². The molecule has 0 N–H and O–H groups in total. The minimum Gasteiger partial charge on any atom is -0.618 e. The van der Waals surface area contributed by atoms with Crippen molar-refractivity contribution >= 4 is 0 Å². The SMILES string of the molecule is N#Cc1ccc(-c2ccccn2)[n+]([O-])c1-c1ccccn1. The predicted octanol–water partition coefficient (Wildman–Crippen LogP) is 2.32. The van der Waals surface area contributed by atoms with E-state index in [0.29, 0.717) is 21.8 Å². The van der Waals surface area contributed by atoms with E-state index in [-0.39, 0.29) is 11.3 Å². The molecule has 100 valence electrons. The first-order valence-corrected chi connectivity index (χ1v) is 6.31. The van der Waals surface area contributed by atoms with Crippen molar-refractivity contribution in [2.75, 3.05) is 0 Å². The molecule has 3 aromatic heterocycles. The first kappa shape index (κ1) is 12.8. The third-order valence-electron chi connectivity index (χ3n) is 3.04. The number of rotatable bonds is 2. The maximum Gasteiger partial charge on any atom is 0.260 e. The van der Waals surface area contributed by atoms with Crippen LogP contribution in [0.4, 0.5) is 0 Å². The van der Waals surface area contributed by atoms with Crippen molar-refractivity contribution in [3.05, 3.63) is 71.7 Å². The van der Waals surface area contributed by atoms with Gasteiger partial charge in [0.1, 0.15) is 23.0 Å².